The lowest BCUT2D eigenvalue weighted by atomic mass is 10.0. The molecule has 0 N–H and O–H groups in total. The molecule has 1 atom stereocenters. The number of hydrogen-bond donors (Lipinski definition) is 0. The van der Waals surface area contributed by atoms with Crippen molar-refractivity contribution in [2.45, 2.75) is 51.8 Å². The van der Waals surface area contributed by atoms with Gasteiger partial charge in [-0.2, -0.15) is 5.10 Å². The SMILES string of the molecule is COCCOC(Cn1c(=O)n(C(C)(C)C(=O)N2CCCC2)c(=O)c2c(C)c(-n3cccn3)sc21)c1cc(F)ccc1OC. The highest BCUT2D eigenvalue weighted by molar-refractivity contribution is 7.21. The van der Waals surface area contributed by atoms with Crippen LogP contribution in [-0.2, 0) is 26.4 Å². The molecule has 0 radical (unpaired) electrons. The van der Waals surface area contributed by atoms with Gasteiger partial charge in [0.2, 0.25) is 5.91 Å². The van der Waals surface area contributed by atoms with Gasteiger partial charge in [0, 0.05) is 43.7 Å². The molecule has 1 aromatic carbocycles. The van der Waals surface area contributed by atoms with Gasteiger partial charge in [0.1, 0.15) is 33.0 Å². The highest BCUT2D eigenvalue weighted by Gasteiger charge is 2.39. The summed E-state index contributed by atoms with van der Waals surface area (Å²) in [5, 5.41) is 5.30. The number of aryl methyl sites for hydroxylation is 1. The fourth-order valence-corrected chi connectivity index (χ4v) is 6.88. The molecule has 0 aliphatic carbocycles. The van der Waals surface area contributed by atoms with E-state index in [4.69, 9.17) is 14.2 Å². The van der Waals surface area contributed by atoms with Crippen molar-refractivity contribution in [1.29, 1.82) is 0 Å². The number of likely N-dealkylation sites (tertiary alicyclic amines) is 1. The first-order valence-electron chi connectivity index (χ1n) is 14.1. The van der Waals surface area contributed by atoms with Gasteiger partial charge in [-0.25, -0.2) is 18.4 Å². The van der Waals surface area contributed by atoms with Crippen LogP contribution in [0.1, 0.15) is 43.9 Å². The maximum absolute atomic E-state index is 14.5. The highest BCUT2D eigenvalue weighted by Crippen LogP contribution is 2.34. The largest absolute Gasteiger partial charge is 0.496 e. The lowest BCUT2D eigenvalue weighted by Gasteiger charge is -2.31. The van der Waals surface area contributed by atoms with Gasteiger partial charge in [-0.3, -0.25) is 14.2 Å². The standard InChI is InChI=1S/C30H36FN5O6S/c1-19-24-25(37)36(30(2,3)28(38)33-12-6-7-13-33)29(39)34(27(24)43-26(19)35-14-8-11-32-35)18-23(42-16-15-40-4)21-17-20(31)9-10-22(21)41-5/h8-11,14,17,23H,6-7,12-13,15-16,18H2,1-5H3. The molecule has 1 amide bonds. The van der Waals surface area contributed by atoms with Crippen LogP contribution in [0.2, 0.25) is 0 Å². The summed E-state index contributed by atoms with van der Waals surface area (Å²) in [5.74, 6) is -0.413. The molecular formula is C30H36FN5O6S. The number of benzene rings is 1. The van der Waals surface area contributed by atoms with E-state index < -0.39 is 28.7 Å². The number of amides is 1. The van der Waals surface area contributed by atoms with Crippen LogP contribution in [0.3, 0.4) is 0 Å². The van der Waals surface area contributed by atoms with E-state index in [1.54, 1.807) is 48.8 Å². The Balaban J connectivity index is 1.76. The number of methoxy groups -OCH3 is 2. The van der Waals surface area contributed by atoms with Gasteiger partial charge >= 0.3 is 5.69 Å². The molecule has 1 saturated heterocycles. The molecule has 11 nitrogen and oxygen atoms in total. The Morgan fingerprint density at radius 2 is 1.91 bits per heavy atom. The minimum Gasteiger partial charge on any atom is -0.496 e. The smallest absolute Gasteiger partial charge is 0.333 e. The van der Waals surface area contributed by atoms with Gasteiger partial charge in [-0.05, 0) is 57.9 Å². The number of aromatic nitrogens is 4. The lowest BCUT2D eigenvalue weighted by molar-refractivity contribution is -0.138. The third kappa shape index (κ3) is 5.64. The predicted molar refractivity (Wildman–Crippen MR) is 161 cm³/mol. The Hall–Kier alpha value is -3.81. The number of rotatable bonds is 11. The molecule has 1 aliphatic heterocycles. The topological polar surface area (TPSA) is 110 Å². The lowest BCUT2D eigenvalue weighted by Crippen LogP contribution is -2.56. The zero-order valence-electron chi connectivity index (χ0n) is 25.0. The van der Waals surface area contributed by atoms with Crippen molar-refractivity contribution in [3.8, 4) is 10.8 Å². The second-order valence-electron chi connectivity index (χ2n) is 11.0. The third-order valence-electron chi connectivity index (χ3n) is 7.87. The van der Waals surface area contributed by atoms with E-state index >= 15 is 0 Å². The monoisotopic (exact) mass is 613 g/mol. The molecule has 1 unspecified atom stereocenters. The molecule has 0 bridgehead atoms. The van der Waals surface area contributed by atoms with E-state index in [0.29, 0.717) is 45.2 Å². The molecule has 0 saturated carbocycles. The summed E-state index contributed by atoms with van der Waals surface area (Å²) >= 11 is 1.24. The van der Waals surface area contributed by atoms with Crippen molar-refractivity contribution >= 4 is 27.5 Å². The normalized spacial score (nSPS) is 14.5. The molecule has 13 heteroatoms. The number of hydrogen-bond acceptors (Lipinski definition) is 8. The molecule has 3 aromatic heterocycles. The number of thiophene rings is 1. The number of fused-ring (bicyclic) bond motifs is 1. The molecule has 1 fully saturated rings. The molecule has 230 valence electrons. The number of ether oxygens (including phenoxy) is 3. The molecule has 4 heterocycles. The summed E-state index contributed by atoms with van der Waals surface area (Å²) in [6.45, 7) is 6.47. The second kappa shape index (κ2) is 12.4. The van der Waals surface area contributed by atoms with Crippen molar-refractivity contribution in [3.05, 3.63) is 74.4 Å². The van der Waals surface area contributed by atoms with Gasteiger partial charge in [-0.1, -0.05) is 11.3 Å². The summed E-state index contributed by atoms with van der Waals surface area (Å²) in [6, 6.07) is 5.86. The van der Waals surface area contributed by atoms with Crippen molar-refractivity contribution in [2.24, 2.45) is 0 Å². The van der Waals surface area contributed by atoms with Crippen LogP contribution in [0.5, 0.6) is 5.75 Å². The maximum atomic E-state index is 14.5. The Morgan fingerprint density at radius 1 is 1.16 bits per heavy atom. The summed E-state index contributed by atoms with van der Waals surface area (Å²) < 4.78 is 35.5. The summed E-state index contributed by atoms with van der Waals surface area (Å²) in [6.07, 6.45) is 4.26. The molecule has 5 rings (SSSR count). The minimum atomic E-state index is -1.47. The fraction of sp³-hybridized carbons (Fsp3) is 0.467. The summed E-state index contributed by atoms with van der Waals surface area (Å²) in [7, 11) is 3.01. The highest BCUT2D eigenvalue weighted by atomic mass is 32.1. The number of carbonyl (C=O) groups is 1. The van der Waals surface area contributed by atoms with E-state index in [2.05, 4.69) is 5.10 Å². The average molecular weight is 614 g/mol. The first kappa shape index (κ1) is 30.6. The predicted octanol–water partition coefficient (Wildman–Crippen LogP) is 3.63. The zero-order chi connectivity index (χ0) is 30.9. The van der Waals surface area contributed by atoms with Crippen molar-refractivity contribution in [1.82, 2.24) is 23.8 Å². The maximum Gasteiger partial charge on any atom is 0.333 e. The van der Waals surface area contributed by atoms with Gasteiger partial charge in [0.15, 0.2) is 0 Å². The van der Waals surface area contributed by atoms with Crippen LogP contribution < -0.4 is 16.0 Å². The Bertz CT molecular complexity index is 1740. The van der Waals surface area contributed by atoms with Crippen LogP contribution in [0.15, 0.2) is 46.2 Å². The first-order chi connectivity index (χ1) is 20.6. The van der Waals surface area contributed by atoms with E-state index in [1.807, 2.05) is 0 Å². The molecule has 43 heavy (non-hydrogen) atoms. The molecule has 1 aliphatic rings. The van der Waals surface area contributed by atoms with Crippen LogP contribution >= 0.6 is 11.3 Å². The number of carbonyl (C=O) groups excluding carboxylic acids is 1. The first-order valence-corrected chi connectivity index (χ1v) is 14.9. The van der Waals surface area contributed by atoms with Crippen LogP contribution in [0, 0.1) is 12.7 Å². The molecule has 4 aromatic rings. The Kier molecular flexibility index (Phi) is 8.86. The minimum absolute atomic E-state index is 0.0916. The second-order valence-corrected chi connectivity index (χ2v) is 12.0. The van der Waals surface area contributed by atoms with E-state index in [9.17, 15) is 18.8 Å². The number of nitrogens with zero attached hydrogens (tertiary/aromatic N) is 5. The zero-order valence-corrected chi connectivity index (χ0v) is 25.8. The van der Waals surface area contributed by atoms with Gasteiger partial charge < -0.3 is 19.1 Å². The molecule has 0 spiro atoms. The Labute approximate surface area is 252 Å². The summed E-state index contributed by atoms with van der Waals surface area (Å²) in [4.78, 5) is 44.5. The third-order valence-corrected chi connectivity index (χ3v) is 9.17. The quantitative estimate of drug-likeness (QED) is 0.238. The van der Waals surface area contributed by atoms with Crippen LogP contribution in [-0.4, -0.2) is 70.2 Å². The summed E-state index contributed by atoms with van der Waals surface area (Å²) in [5.41, 5.74) is -1.68. The van der Waals surface area contributed by atoms with Crippen LogP contribution in [0.4, 0.5) is 4.39 Å². The van der Waals surface area contributed by atoms with E-state index in [0.717, 1.165) is 17.4 Å². The fourth-order valence-electron chi connectivity index (χ4n) is 5.64. The van der Waals surface area contributed by atoms with Crippen molar-refractivity contribution in [2.75, 3.05) is 40.5 Å². The van der Waals surface area contributed by atoms with Crippen molar-refractivity contribution < 1.29 is 23.4 Å². The number of halogens is 1. The molecular weight excluding hydrogens is 577 g/mol. The van der Waals surface area contributed by atoms with Crippen LogP contribution in [0.25, 0.3) is 15.2 Å². The van der Waals surface area contributed by atoms with Gasteiger partial charge in [0.05, 0.1) is 32.3 Å². The Morgan fingerprint density at radius 3 is 2.56 bits per heavy atom. The van der Waals surface area contributed by atoms with Gasteiger partial charge in [0.25, 0.3) is 5.56 Å². The van der Waals surface area contributed by atoms with E-state index in [1.165, 1.54) is 48.3 Å². The van der Waals surface area contributed by atoms with E-state index in [-0.39, 0.29) is 25.7 Å². The average Bonchev–Trinajstić information content (AvgIpc) is 3.76. The van der Waals surface area contributed by atoms with Gasteiger partial charge in [-0.15, -0.1) is 0 Å². The van der Waals surface area contributed by atoms with Crippen molar-refractivity contribution in [3.63, 3.8) is 0 Å².